The standard InChI is InChI=1S/C29H31FN6O2.C26H29FN6O.C3H3ClO/c1-6-27(37)32-23-16-24(26(38-5)17-25(23)36(4)14-13-35(2)3)33-29-31-18-20-10-8-12-22(28(20)34-29)19-9-7-11-21(30)15-19;1-32(2)11-12-33(3)23-15-24(34-4)22(14-21(23)28)30-26-29-16-18-8-6-10-20(25(18)31-26)17-7-5-9-19(27)13-17;1-2-3(4)5/h6-12,15-18H,1,13-14H2,2-5H3,(H,32,37)(H,31,33,34);5-10,13-16H,11-12,28H2,1-4H3,(H,29,30,31);2H,1H2. The highest BCUT2D eigenvalue weighted by molar-refractivity contribution is 6.66. The number of likely N-dealkylation sites (N-methyl/N-ethyl adjacent to an activating group) is 4. The lowest BCUT2D eigenvalue weighted by atomic mass is 10.0. The summed E-state index contributed by atoms with van der Waals surface area (Å²) in [6.45, 7) is 9.93. The number of anilines is 8. The Kier molecular flexibility index (Phi) is 20.3. The molecule has 0 unspecified atom stereocenters. The van der Waals surface area contributed by atoms with Crippen molar-refractivity contribution in [3.63, 3.8) is 0 Å². The van der Waals surface area contributed by atoms with Crippen LogP contribution in [-0.4, -0.2) is 124 Å². The van der Waals surface area contributed by atoms with Crippen molar-refractivity contribution in [2.75, 3.05) is 114 Å². The molecule has 8 aromatic rings. The number of allylic oxidation sites excluding steroid dienone is 1. The monoisotopic (exact) mass is 1060 g/mol. The van der Waals surface area contributed by atoms with Crippen LogP contribution in [-0.2, 0) is 9.59 Å². The van der Waals surface area contributed by atoms with Crippen LogP contribution in [0.25, 0.3) is 44.1 Å². The summed E-state index contributed by atoms with van der Waals surface area (Å²) >= 11 is 4.71. The van der Waals surface area contributed by atoms with Crippen LogP contribution < -0.4 is 41.0 Å². The van der Waals surface area contributed by atoms with Crippen molar-refractivity contribution in [2.24, 2.45) is 0 Å². The fourth-order valence-electron chi connectivity index (χ4n) is 7.81. The average Bonchev–Trinajstić information content (AvgIpc) is 3.42. The predicted octanol–water partition coefficient (Wildman–Crippen LogP) is 11.0. The highest BCUT2D eigenvalue weighted by atomic mass is 35.5. The van der Waals surface area contributed by atoms with Gasteiger partial charge in [0.15, 0.2) is 0 Å². The largest absolute Gasteiger partial charge is 0.494 e. The third kappa shape index (κ3) is 15.7. The van der Waals surface area contributed by atoms with Crippen molar-refractivity contribution in [2.45, 2.75) is 0 Å². The van der Waals surface area contributed by atoms with E-state index in [0.717, 1.165) is 82.2 Å². The van der Waals surface area contributed by atoms with Gasteiger partial charge in [-0.2, -0.15) is 0 Å². The van der Waals surface area contributed by atoms with Crippen molar-refractivity contribution in [1.29, 1.82) is 0 Å². The molecule has 0 aliphatic rings. The Hall–Kier alpha value is -8.71. The minimum atomic E-state index is -0.509. The number of aromatic nitrogens is 4. The molecule has 0 bridgehead atoms. The molecule has 0 radical (unpaired) electrons. The molecule has 1 amide bonds. The molecular weight excluding hydrogens is 1000 g/mol. The second-order valence-corrected chi connectivity index (χ2v) is 18.3. The number of fused-ring (bicyclic) bond motifs is 2. The Morgan fingerprint density at radius 3 is 1.48 bits per heavy atom. The third-order valence-electron chi connectivity index (χ3n) is 11.8. The number of carbonyl (C=O) groups is 2. The van der Waals surface area contributed by atoms with Gasteiger partial charge in [-0.25, -0.2) is 28.7 Å². The number of rotatable bonds is 19. The lowest BCUT2D eigenvalue weighted by Gasteiger charge is -2.26. The molecule has 16 nitrogen and oxygen atoms in total. The number of hydrogen-bond donors (Lipinski definition) is 4. The minimum Gasteiger partial charge on any atom is -0.494 e. The Bertz CT molecular complexity index is 3380. The predicted molar refractivity (Wildman–Crippen MR) is 310 cm³/mol. The van der Waals surface area contributed by atoms with Crippen LogP contribution in [0.4, 0.5) is 54.8 Å². The Balaban J connectivity index is 0.000000230. The molecule has 5 N–H and O–H groups in total. The molecule has 0 fully saturated rings. The van der Waals surface area contributed by atoms with Crippen molar-refractivity contribution in [1.82, 2.24) is 29.7 Å². The maximum Gasteiger partial charge on any atom is 0.247 e. The van der Waals surface area contributed by atoms with Crippen molar-refractivity contribution >= 4 is 90.6 Å². The van der Waals surface area contributed by atoms with Crippen LogP contribution in [0.15, 0.2) is 147 Å². The molecule has 0 saturated carbocycles. The first kappa shape index (κ1) is 57.6. The normalized spacial score (nSPS) is 10.7. The van der Waals surface area contributed by atoms with Crippen LogP contribution in [0, 0.1) is 11.6 Å². The maximum atomic E-state index is 13.9. The first-order chi connectivity index (χ1) is 36.9. The Morgan fingerprint density at radius 1 is 0.610 bits per heavy atom. The molecule has 0 saturated heterocycles. The summed E-state index contributed by atoms with van der Waals surface area (Å²) < 4.78 is 39.1. The molecule has 2 heterocycles. The molecule has 0 aliphatic heterocycles. The summed E-state index contributed by atoms with van der Waals surface area (Å²) in [4.78, 5) is 48.4. The lowest BCUT2D eigenvalue weighted by Crippen LogP contribution is -2.29. The molecule has 0 spiro atoms. The summed E-state index contributed by atoms with van der Waals surface area (Å²) in [5, 5.41) is 10.5. The van der Waals surface area contributed by atoms with Gasteiger partial charge in [-0.1, -0.05) is 73.8 Å². The van der Waals surface area contributed by atoms with E-state index < -0.39 is 5.24 Å². The Labute approximate surface area is 452 Å². The van der Waals surface area contributed by atoms with Gasteiger partial charge in [0, 0.05) is 86.7 Å². The highest BCUT2D eigenvalue weighted by Gasteiger charge is 2.19. The van der Waals surface area contributed by atoms with Gasteiger partial charge in [0.25, 0.3) is 0 Å². The number of benzene rings is 6. The second-order valence-electron chi connectivity index (χ2n) is 18.0. The van der Waals surface area contributed by atoms with Crippen molar-refractivity contribution in [3.05, 3.63) is 159 Å². The quantitative estimate of drug-likeness (QED) is 0.0341. The number of hydrogen-bond acceptors (Lipinski definition) is 15. The molecule has 6 aromatic carbocycles. The zero-order valence-electron chi connectivity index (χ0n) is 44.4. The number of nitrogens with zero attached hydrogens (tertiary/aromatic N) is 8. The highest BCUT2D eigenvalue weighted by Crippen LogP contribution is 2.39. The van der Waals surface area contributed by atoms with Gasteiger partial charge in [0.2, 0.25) is 23.0 Å². The third-order valence-corrected chi connectivity index (χ3v) is 12.0. The molecular formula is C58H63ClF2N12O4. The number of nitrogens with one attached hydrogen (secondary N) is 3. The summed E-state index contributed by atoms with van der Waals surface area (Å²) in [6, 6.07) is 31.7. The van der Waals surface area contributed by atoms with E-state index in [1.165, 1.54) is 30.3 Å². The van der Waals surface area contributed by atoms with Crippen LogP contribution in [0.1, 0.15) is 0 Å². The minimum absolute atomic E-state index is 0.294. The smallest absolute Gasteiger partial charge is 0.247 e. The van der Waals surface area contributed by atoms with Gasteiger partial charge in [-0.05, 0) is 99.5 Å². The molecule has 0 aliphatic carbocycles. The van der Waals surface area contributed by atoms with Crippen LogP contribution >= 0.6 is 11.6 Å². The summed E-state index contributed by atoms with van der Waals surface area (Å²) in [5.74, 6) is 0.958. The zero-order chi connectivity index (χ0) is 55.8. The molecule has 2 aromatic heterocycles. The van der Waals surface area contributed by atoms with Gasteiger partial charge in [-0.15, -0.1) is 0 Å². The van der Waals surface area contributed by atoms with E-state index in [1.54, 1.807) is 44.8 Å². The molecule has 0 atom stereocenters. The summed E-state index contributed by atoms with van der Waals surface area (Å²) in [5.41, 5.74) is 15.0. The van der Waals surface area contributed by atoms with E-state index >= 15 is 0 Å². The van der Waals surface area contributed by atoms with E-state index in [-0.39, 0.29) is 17.5 Å². The van der Waals surface area contributed by atoms with Gasteiger partial charge >= 0.3 is 0 Å². The fourth-order valence-corrected chi connectivity index (χ4v) is 7.81. The fraction of sp³-hybridized carbons (Fsp3) is 0.207. The molecule has 8 rings (SSSR count). The number of carbonyl (C=O) groups excluding carboxylic acids is 2. The number of methoxy groups -OCH3 is 2. The maximum absolute atomic E-state index is 13.9. The first-order valence-electron chi connectivity index (χ1n) is 24.2. The van der Waals surface area contributed by atoms with Crippen LogP contribution in [0.5, 0.6) is 11.5 Å². The van der Waals surface area contributed by atoms with E-state index in [4.69, 9.17) is 36.8 Å². The Morgan fingerprint density at radius 2 is 1.05 bits per heavy atom. The van der Waals surface area contributed by atoms with Gasteiger partial charge < -0.3 is 50.8 Å². The van der Waals surface area contributed by atoms with Gasteiger partial charge in [0.05, 0.1) is 59.4 Å². The summed E-state index contributed by atoms with van der Waals surface area (Å²) in [7, 11) is 15.2. The zero-order valence-corrected chi connectivity index (χ0v) is 45.1. The number of ether oxygens (including phenoxy) is 2. The van der Waals surface area contributed by atoms with Gasteiger partial charge in [0.1, 0.15) is 23.1 Å². The average molecular weight is 1070 g/mol. The lowest BCUT2D eigenvalue weighted by molar-refractivity contribution is -0.112. The van der Waals surface area contributed by atoms with E-state index in [2.05, 4.69) is 53.8 Å². The van der Waals surface area contributed by atoms with Gasteiger partial charge in [-0.3, -0.25) is 9.59 Å². The first-order valence-corrected chi connectivity index (χ1v) is 24.5. The van der Waals surface area contributed by atoms with Crippen LogP contribution in [0.2, 0.25) is 0 Å². The SMILES string of the molecule is C=CC(=O)Cl.C=CC(=O)Nc1cc(Nc2ncc3cccc(-c4cccc(F)c4)c3n2)c(OC)cc1N(C)CCN(C)C.COc1cc(N(C)CCN(C)C)c(N)cc1Nc1ncc2cccc(-c3cccc(F)c3)c2n1. The number of para-hydroxylation sites is 2. The number of nitrogen functional groups attached to an aromatic ring is 1. The van der Waals surface area contributed by atoms with Crippen molar-refractivity contribution < 1.29 is 27.8 Å². The molecule has 77 heavy (non-hydrogen) atoms. The van der Waals surface area contributed by atoms with E-state index in [0.29, 0.717) is 51.7 Å². The van der Waals surface area contributed by atoms with Crippen molar-refractivity contribution in [3.8, 4) is 33.8 Å². The topological polar surface area (TPSA) is 179 Å². The number of nitrogens with two attached hydrogens (primary N) is 1. The van der Waals surface area contributed by atoms with E-state index in [9.17, 15) is 18.4 Å². The van der Waals surface area contributed by atoms with E-state index in [1.807, 2.05) is 114 Å². The molecule has 400 valence electrons. The summed E-state index contributed by atoms with van der Waals surface area (Å²) in [6.07, 6.45) is 5.72. The number of amides is 1. The molecule has 19 heteroatoms. The van der Waals surface area contributed by atoms with Crippen LogP contribution in [0.3, 0.4) is 0 Å². The number of halogens is 3. The second kappa shape index (κ2) is 27.2.